The van der Waals surface area contributed by atoms with E-state index in [9.17, 15) is 0 Å². The van der Waals surface area contributed by atoms with E-state index in [0.29, 0.717) is 5.92 Å². The van der Waals surface area contributed by atoms with Crippen LogP contribution < -0.4 is 11.3 Å². The Morgan fingerprint density at radius 3 is 2.86 bits per heavy atom. The van der Waals surface area contributed by atoms with Crippen molar-refractivity contribution in [3.05, 3.63) is 30.0 Å². The highest BCUT2D eigenvalue weighted by Gasteiger charge is 2.33. The van der Waals surface area contributed by atoms with Gasteiger partial charge in [-0.25, -0.2) is 0 Å². The molecular weight excluding hydrogens is 260 g/mol. The van der Waals surface area contributed by atoms with E-state index in [-0.39, 0.29) is 6.04 Å². The van der Waals surface area contributed by atoms with Gasteiger partial charge in [0, 0.05) is 12.4 Å². The van der Waals surface area contributed by atoms with Gasteiger partial charge in [0.1, 0.15) is 0 Å². The third-order valence-corrected chi connectivity index (χ3v) is 5.18. The monoisotopic (exact) mass is 286 g/mol. The molecule has 1 saturated carbocycles. The molecule has 0 aliphatic heterocycles. The molecule has 114 valence electrons. The third kappa shape index (κ3) is 2.58. The number of hydrogen-bond donors (Lipinski definition) is 2. The Bertz CT molecular complexity index is 604. The van der Waals surface area contributed by atoms with Crippen molar-refractivity contribution in [1.82, 2.24) is 15.2 Å². The van der Waals surface area contributed by atoms with E-state index in [0.717, 1.165) is 11.6 Å². The zero-order valence-corrected chi connectivity index (χ0v) is 13.0. The number of benzene rings is 1. The number of hydrogen-bond acceptors (Lipinski definition) is 3. The van der Waals surface area contributed by atoms with Gasteiger partial charge >= 0.3 is 0 Å². The number of nitrogens with two attached hydrogens (primary N) is 1. The Labute approximate surface area is 126 Å². The molecule has 0 amide bonds. The van der Waals surface area contributed by atoms with Gasteiger partial charge in [0.2, 0.25) is 0 Å². The highest BCUT2D eigenvalue weighted by Crippen LogP contribution is 2.41. The number of rotatable bonds is 4. The van der Waals surface area contributed by atoms with Crippen LogP contribution in [0.25, 0.3) is 10.9 Å². The average molecular weight is 286 g/mol. The van der Waals surface area contributed by atoms with Crippen molar-refractivity contribution in [2.24, 2.45) is 24.7 Å². The van der Waals surface area contributed by atoms with Crippen molar-refractivity contribution in [2.45, 2.75) is 45.1 Å². The first kappa shape index (κ1) is 14.5. The van der Waals surface area contributed by atoms with Crippen molar-refractivity contribution >= 4 is 10.9 Å². The summed E-state index contributed by atoms with van der Waals surface area (Å²) in [6.45, 7) is 2.30. The van der Waals surface area contributed by atoms with Crippen LogP contribution in [0.5, 0.6) is 0 Å². The molecule has 3 atom stereocenters. The summed E-state index contributed by atoms with van der Waals surface area (Å²) in [5.74, 6) is 7.29. The van der Waals surface area contributed by atoms with E-state index in [1.165, 1.54) is 43.0 Å². The molecular formula is C17H26N4. The van der Waals surface area contributed by atoms with Crippen molar-refractivity contribution in [2.75, 3.05) is 0 Å². The normalized spacial score (nSPS) is 24.3. The summed E-state index contributed by atoms with van der Waals surface area (Å²) in [7, 11) is 2.01. The molecule has 1 aliphatic rings. The van der Waals surface area contributed by atoms with E-state index < -0.39 is 0 Å². The topological polar surface area (TPSA) is 55.9 Å². The first-order valence-electron chi connectivity index (χ1n) is 8.14. The molecule has 4 heteroatoms. The maximum atomic E-state index is 5.95. The van der Waals surface area contributed by atoms with Crippen LogP contribution in [0.15, 0.2) is 24.3 Å². The fourth-order valence-corrected chi connectivity index (χ4v) is 4.06. The maximum Gasteiger partial charge on any atom is 0.0888 e. The zero-order valence-electron chi connectivity index (χ0n) is 13.0. The van der Waals surface area contributed by atoms with Crippen LogP contribution in [-0.4, -0.2) is 9.78 Å². The Morgan fingerprint density at radius 1 is 1.33 bits per heavy atom. The summed E-state index contributed by atoms with van der Waals surface area (Å²) >= 11 is 0. The molecule has 3 unspecified atom stereocenters. The van der Waals surface area contributed by atoms with Gasteiger partial charge in [-0.3, -0.25) is 16.0 Å². The summed E-state index contributed by atoms with van der Waals surface area (Å²) in [6, 6.07) is 8.58. The minimum Gasteiger partial charge on any atom is -0.271 e. The minimum atomic E-state index is 0.154. The lowest BCUT2D eigenvalue weighted by Gasteiger charge is -2.36. The van der Waals surface area contributed by atoms with Gasteiger partial charge in [0.05, 0.1) is 17.3 Å². The van der Waals surface area contributed by atoms with Gasteiger partial charge in [0.25, 0.3) is 0 Å². The predicted octanol–water partition coefficient (Wildman–Crippen LogP) is 3.29. The van der Waals surface area contributed by atoms with Crippen molar-refractivity contribution < 1.29 is 0 Å². The highest BCUT2D eigenvalue weighted by molar-refractivity contribution is 5.82. The average Bonchev–Trinajstić information content (AvgIpc) is 2.86. The molecule has 0 saturated heterocycles. The molecule has 3 N–H and O–H groups in total. The first-order valence-corrected chi connectivity index (χ1v) is 8.14. The van der Waals surface area contributed by atoms with Crippen LogP contribution in [0, 0.1) is 11.8 Å². The molecule has 1 heterocycles. The van der Waals surface area contributed by atoms with Crippen LogP contribution >= 0.6 is 0 Å². The summed E-state index contributed by atoms with van der Waals surface area (Å²) in [4.78, 5) is 0. The molecule has 2 aromatic rings. The summed E-state index contributed by atoms with van der Waals surface area (Å²) in [5.41, 5.74) is 5.37. The Hall–Kier alpha value is -1.39. The maximum absolute atomic E-state index is 5.95. The van der Waals surface area contributed by atoms with Crippen LogP contribution in [-0.2, 0) is 7.05 Å². The van der Waals surface area contributed by atoms with E-state index in [4.69, 9.17) is 10.9 Å². The first-order chi connectivity index (χ1) is 10.3. The molecule has 0 radical (unpaired) electrons. The molecule has 21 heavy (non-hydrogen) atoms. The van der Waals surface area contributed by atoms with Crippen molar-refractivity contribution in [1.29, 1.82) is 0 Å². The predicted molar refractivity (Wildman–Crippen MR) is 86.5 cm³/mol. The molecule has 1 aromatic heterocycles. The number of aryl methyl sites for hydroxylation is 1. The van der Waals surface area contributed by atoms with Gasteiger partial charge in [-0.1, -0.05) is 50.8 Å². The molecule has 0 spiro atoms. The molecule has 1 aromatic carbocycles. The number of hydrazine groups is 1. The fourth-order valence-electron chi connectivity index (χ4n) is 4.06. The second kappa shape index (κ2) is 6.16. The van der Waals surface area contributed by atoms with E-state index >= 15 is 0 Å². The summed E-state index contributed by atoms with van der Waals surface area (Å²) < 4.78 is 1.97. The quantitative estimate of drug-likeness (QED) is 0.670. The van der Waals surface area contributed by atoms with Crippen LogP contribution in [0.1, 0.15) is 50.8 Å². The second-order valence-electron chi connectivity index (χ2n) is 6.29. The third-order valence-electron chi connectivity index (χ3n) is 5.18. The molecule has 1 aliphatic carbocycles. The van der Waals surface area contributed by atoms with Gasteiger partial charge < -0.3 is 0 Å². The summed E-state index contributed by atoms with van der Waals surface area (Å²) in [5, 5.41) is 6.00. The molecule has 4 nitrogen and oxygen atoms in total. The lowest BCUT2D eigenvalue weighted by molar-refractivity contribution is 0.174. The number of aromatic nitrogens is 2. The smallest absolute Gasteiger partial charge is 0.0888 e. The van der Waals surface area contributed by atoms with E-state index in [1.54, 1.807) is 0 Å². The second-order valence-corrected chi connectivity index (χ2v) is 6.29. The zero-order chi connectivity index (χ0) is 14.8. The Balaban J connectivity index is 2.01. The lowest BCUT2D eigenvalue weighted by Crippen LogP contribution is -2.38. The SMILES string of the molecule is CCC1CCCCC1C(NN)c1nn(C)c2ccccc12. The summed E-state index contributed by atoms with van der Waals surface area (Å²) in [6.07, 6.45) is 6.47. The number of nitrogens with zero attached hydrogens (tertiary/aromatic N) is 2. The largest absolute Gasteiger partial charge is 0.271 e. The number of nitrogens with one attached hydrogen (secondary N) is 1. The Kier molecular flexibility index (Phi) is 4.27. The van der Waals surface area contributed by atoms with E-state index in [1.807, 2.05) is 11.7 Å². The van der Waals surface area contributed by atoms with Gasteiger partial charge in [-0.05, 0) is 24.3 Å². The van der Waals surface area contributed by atoms with Gasteiger partial charge in [0.15, 0.2) is 0 Å². The van der Waals surface area contributed by atoms with Crippen LogP contribution in [0.4, 0.5) is 0 Å². The Morgan fingerprint density at radius 2 is 2.10 bits per heavy atom. The number of para-hydroxylation sites is 1. The molecule has 0 bridgehead atoms. The van der Waals surface area contributed by atoms with Crippen LogP contribution in [0.3, 0.4) is 0 Å². The van der Waals surface area contributed by atoms with Gasteiger partial charge in [-0.15, -0.1) is 0 Å². The number of fused-ring (bicyclic) bond motifs is 1. The minimum absolute atomic E-state index is 0.154. The van der Waals surface area contributed by atoms with Crippen molar-refractivity contribution in [3.63, 3.8) is 0 Å². The fraction of sp³-hybridized carbons (Fsp3) is 0.588. The lowest BCUT2D eigenvalue weighted by atomic mass is 9.73. The highest BCUT2D eigenvalue weighted by atomic mass is 15.3. The van der Waals surface area contributed by atoms with E-state index in [2.05, 4.69) is 36.6 Å². The van der Waals surface area contributed by atoms with Crippen molar-refractivity contribution in [3.8, 4) is 0 Å². The molecule has 3 rings (SSSR count). The molecule has 1 fully saturated rings. The van der Waals surface area contributed by atoms with Gasteiger partial charge in [-0.2, -0.15) is 5.10 Å². The van der Waals surface area contributed by atoms with Crippen LogP contribution in [0.2, 0.25) is 0 Å². The standard InChI is InChI=1S/C17H26N4/c1-3-12-8-4-5-9-13(12)16(19-18)17-14-10-6-7-11-15(14)21(2)20-17/h6-7,10-13,16,19H,3-5,8-9,18H2,1-2H3.